The quantitative estimate of drug-likeness (QED) is 0.773. The summed E-state index contributed by atoms with van der Waals surface area (Å²) in [7, 11) is 0. The molecule has 0 radical (unpaired) electrons. The second kappa shape index (κ2) is 7.54. The molecule has 1 aliphatic heterocycles. The average Bonchev–Trinajstić information content (AvgIpc) is 2.26. The number of aliphatic hydroxyl groups excluding tert-OH is 1. The van der Waals surface area contributed by atoms with E-state index in [2.05, 4.69) is 23.6 Å². The summed E-state index contributed by atoms with van der Waals surface area (Å²) in [5.41, 5.74) is 0. The van der Waals surface area contributed by atoms with E-state index in [4.69, 9.17) is 4.74 Å². The predicted molar refractivity (Wildman–Crippen MR) is 70.1 cm³/mol. The first-order valence-electron chi connectivity index (χ1n) is 6.25. The Hall–Kier alpha value is 0.230. The van der Waals surface area contributed by atoms with E-state index in [1.54, 1.807) is 0 Å². The Balaban J connectivity index is 2.19. The summed E-state index contributed by atoms with van der Waals surface area (Å²) in [6.07, 6.45) is 1.08. The molecule has 2 unspecified atom stereocenters. The molecule has 3 nitrogen and oxygen atoms in total. The molecule has 96 valence electrons. The van der Waals surface area contributed by atoms with Gasteiger partial charge in [0, 0.05) is 30.6 Å². The van der Waals surface area contributed by atoms with Crippen molar-refractivity contribution >= 4 is 11.8 Å². The van der Waals surface area contributed by atoms with Crippen molar-refractivity contribution in [1.82, 2.24) is 4.90 Å². The summed E-state index contributed by atoms with van der Waals surface area (Å²) >= 11 is 2.06. The van der Waals surface area contributed by atoms with Crippen LogP contribution in [-0.2, 0) is 4.74 Å². The first kappa shape index (κ1) is 14.3. The van der Waals surface area contributed by atoms with Crippen LogP contribution in [0.4, 0.5) is 0 Å². The Labute approximate surface area is 104 Å². The first-order valence-corrected chi connectivity index (χ1v) is 7.30. The highest BCUT2D eigenvalue weighted by Gasteiger charge is 2.20. The first-order chi connectivity index (χ1) is 7.61. The van der Waals surface area contributed by atoms with E-state index in [1.165, 1.54) is 12.2 Å². The van der Waals surface area contributed by atoms with Gasteiger partial charge >= 0.3 is 0 Å². The van der Waals surface area contributed by atoms with Gasteiger partial charge in [0.15, 0.2) is 0 Å². The van der Waals surface area contributed by atoms with E-state index in [0.29, 0.717) is 6.61 Å². The van der Waals surface area contributed by atoms with Gasteiger partial charge in [0.25, 0.3) is 0 Å². The fourth-order valence-electron chi connectivity index (χ4n) is 1.85. The molecule has 2 atom stereocenters. The molecule has 16 heavy (non-hydrogen) atoms. The lowest BCUT2D eigenvalue weighted by Gasteiger charge is -2.33. The molecule has 4 heteroatoms. The van der Waals surface area contributed by atoms with Crippen LogP contribution >= 0.6 is 11.8 Å². The van der Waals surface area contributed by atoms with Gasteiger partial charge in [-0.2, -0.15) is 11.8 Å². The molecule has 1 rings (SSSR count). The van der Waals surface area contributed by atoms with Gasteiger partial charge in [-0.05, 0) is 20.3 Å². The summed E-state index contributed by atoms with van der Waals surface area (Å²) in [5.74, 6) is 1.19. The molecule has 1 aliphatic rings. The molecule has 0 aromatic heterocycles. The zero-order valence-electron chi connectivity index (χ0n) is 10.7. The van der Waals surface area contributed by atoms with Crippen LogP contribution in [0.15, 0.2) is 0 Å². The van der Waals surface area contributed by atoms with Crippen LogP contribution in [0.3, 0.4) is 0 Å². The number of thioether (sulfide) groups is 1. The van der Waals surface area contributed by atoms with Crippen molar-refractivity contribution in [1.29, 1.82) is 0 Å². The molecular formula is C12H25NO2S. The Morgan fingerprint density at radius 2 is 2.25 bits per heavy atom. The van der Waals surface area contributed by atoms with Crippen molar-refractivity contribution in [3.05, 3.63) is 0 Å². The van der Waals surface area contributed by atoms with Gasteiger partial charge in [0.1, 0.15) is 0 Å². The van der Waals surface area contributed by atoms with Crippen LogP contribution < -0.4 is 0 Å². The molecular weight excluding hydrogens is 222 g/mol. The SMILES string of the molecule is CCC1CN(CC(O)COC(C)C)CCS1. The number of ether oxygens (including phenoxy) is 1. The van der Waals surface area contributed by atoms with Crippen LogP contribution in [0, 0.1) is 0 Å². The van der Waals surface area contributed by atoms with Crippen LogP contribution in [0.5, 0.6) is 0 Å². The zero-order valence-corrected chi connectivity index (χ0v) is 11.5. The van der Waals surface area contributed by atoms with Crippen molar-refractivity contribution in [2.24, 2.45) is 0 Å². The molecule has 1 heterocycles. The highest BCUT2D eigenvalue weighted by atomic mass is 32.2. The number of β-amino-alcohol motifs (C(OH)–C–C–N with tert-alkyl or cyclic N) is 1. The van der Waals surface area contributed by atoms with Gasteiger partial charge in [0.05, 0.1) is 18.8 Å². The lowest BCUT2D eigenvalue weighted by Crippen LogP contribution is -2.43. The number of nitrogens with zero attached hydrogens (tertiary/aromatic N) is 1. The van der Waals surface area contributed by atoms with Crippen molar-refractivity contribution in [3.63, 3.8) is 0 Å². The summed E-state index contributed by atoms with van der Waals surface area (Å²) in [4.78, 5) is 2.36. The molecule has 0 bridgehead atoms. The average molecular weight is 247 g/mol. The van der Waals surface area contributed by atoms with Gasteiger partial charge in [-0.3, -0.25) is 4.90 Å². The van der Waals surface area contributed by atoms with Gasteiger partial charge in [-0.15, -0.1) is 0 Å². The van der Waals surface area contributed by atoms with E-state index < -0.39 is 0 Å². The third-order valence-corrected chi connectivity index (χ3v) is 4.14. The normalized spacial score (nSPS) is 24.9. The smallest absolute Gasteiger partial charge is 0.0900 e. The van der Waals surface area contributed by atoms with Gasteiger partial charge in [0.2, 0.25) is 0 Å². The molecule has 0 saturated carbocycles. The molecule has 0 aromatic rings. The third-order valence-electron chi connectivity index (χ3n) is 2.77. The maximum Gasteiger partial charge on any atom is 0.0900 e. The minimum atomic E-state index is -0.344. The largest absolute Gasteiger partial charge is 0.389 e. The summed E-state index contributed by atoms with van der Waals surface area (Å²) in [6, 6.07) is 0. The molecule has 0 aliphatic carbocycles. The van der Waals surface area contributed by atoms with E-state index in [-0.39, 0.29) is 12.2 Å². The van der Waals surface area contributed by atoms with Gasteiger partial charge < -0.3 is 9.84 Å². The molecule has 0 spiro atoms. The van der Waals surface area contributed by atoms with Crippen LogP contribution in [0.25, 0.3) is 0 Å². The highest BCUT2D eigenvalue weighted by molar-refractivity contribution is 8.00. The monoisotopic (exact) mass is 247 g/mol. The second-order valence-corrected chi connectivity index (χ2v) is 6.10. The zero-order chi connectivity index (χ0) is 12.0. The minimum absolute atomic E-state index is 0.204. The van der Waals surface area contributed by atoms with Crippen LogP contribution in [0.2, 0.25) is 0 Å². The number of hydrogen-bond donors (Lipinski definition) is 1. The minimum Gasteiger partial charge on any atom is -0.389 e. The van der Waals surface area contributed by atoms with Crippen molar-refractivity contribution in [3.8, 4) is 0 Å². The lowest BCUT2D eigenvalue weighted by atomic mass is 10.2. The highest BCUT2D eigenvalue weighted by Crippen LogP contribution is 2.20. The Kier molecular flexibility index (Phi) is 6.73. The van der Waals surface area contributed by atoms with E-state index in [9.17, 15) is 5.11 Å². The van der Waals surface area contributed by atoms with E-state index in [0.717, 1.165) is 24.9 Å². The standard InChI is InChI=1S/C12H25NO2S/c1-4-12-8-13(5-6-16-12)7-11(14)9-15-10(2)3/h10-12,14H,4-9H2,1-3H3. The Bertz CT molecular complexity index is 190. The number of rotatable bonds is 6. The predicted octanol–water partition coefficient (Wildman–Crippen LogP) is 1.60. The van der Waals surface area contributed by atoms with Crippen LogP contribution in [-0.4, -0.2) is 59.5 Å². The van der Waals surface area contributed by atoms with Gasteiger partial charge in [-0.25, -0.2) is 0 Å². The maximum absolute atomic E-state index is 9.84. The van der Waals surface area contributed by atoms with Crippen molar-refractivity contribution < 1.29 is 9.84 Å². The molecule has 1 saturated heterocycles. The fraction of sp³-hybridized carbons (Fsp3) is 1.00. The fourth-order valence-corrected chi connectivity index (χ4v) is 3.10. The number of hydrogen-bond acceptors (Lipinski definition) is 4. The number of aliphatic hydroxyl groups is 1. The topological polar surface area (TPSA) is 32.7 Å². The second-order valence-electron chi connectivity index (χ2n) is 4.70. The summed E-state index contributed by atoms with van der Waals surface area (Å²) in [6.45, 7) is 9.65. The lowest BCUT2D eigenvalue weighted by molar-refractivity contribution is -0.00806. The van der Waals surface area contributed by atoms with Crippen molar-refractivity contribution in [2.75, 3.05) is 32.0 Å². The van der Waals surface area contributed by atoms with Crippen LogP contribution in [0.1, 0.15) is 27.2 Å². The van der Waals surface area contributed by atoms with Gasteiger partial charge in [-0.1, -0.05) is 6.92 Å². The maximum atomic E-state index is 9.84. The molecule has 1 fully saturated rings. The molecule has 0 aromatic carbocycles. The summed E-state index contributed by atoms with van der Waals surface area (Å²) in [5, 5.41) is 10.6. The van der Waals surface area contributed by atoms with Crippen molar-refractivity contribution in [2.45, 2.75) is 44.6 Å². The molecule has 0 amide bonds. The summed E-state index contributed by atoms with van der Waals surface area (Å²) < 4.78 is 5.42. The third kappa shape index (κ3) is 5.53. The Morgan fingerprint density at radius 3 is 2.88 bits per heavy atom. The van der Waals surface area contributed by atoms with E-state index >= 15 is 0 Å². The Morgan fingerprint density at radius 1 is 1.50 bits per heavy atom. The molecule has 1 N–H and O–H groups in total. The van der Waals surface area contributed by atoms with E-state index in [1.807, 2.05) is 13.8 Å².